The summed E-state index contributed by atoms with van der Waals surface area (Å²) in [5.74, 6) is 0.502. The van der Waals surface area contributed by atoms with Crippen LogP contribution in [0.15, 0.2) is 60.7 Å². The molecule has 0 radical (unpaired) electrons. The summed E-state index contributed by atoms with van der Waals surface area (Å²) in [6, 6.07) is 18.4. The van der Waals surface area contributed by atoms with Gasteiger partial charge in [0.15, 0.2) is 0 Å². The minimum atomic E-state index is -0.284. The lowest BCUT2D eigenvalue weighted by atomic mass is 10.1. The number of hydrogen-bond donors (Lipinski definition) is 2. The molecule has 0 atom stereocenters. The number of rotatable bonds is 5. The van der Waals surface area contributed by atoms with E-state index in [1.54, 1.807) is 6.07 Å². The summed E-state index contributed by atoms with van der Waals surface area (Å²) in [6.45, 7) is 4.40. The van der Waals surface area contributed by atoms with Gasteiger partial charge in [0.05, 0.1) is 12.3 Å². The molecule has 26 heavy (non-hydrogen) atoms. The molecule has 2 aromatic carbocycles. The number of aromatic nitrogens is 2. The highest BCUT2D eigenvalue weighted by Crippen LogP contribution is 2.20. The lowest BCUT2D eigenvalue weighted by Gasteiger charge is -2.10. The van der Waals surface area contributed by atoms with Gasteiger partial charge in [0, 0.05) is 23.0 Å². The number of aryl methyl sites for hydroxylation is 1. The Morgan fingerprint density at radius 2 is 1.73 bits per heavy atom. The van der Waals surface area contributed by atoms with Gasteiger partial charge in [-0.05, 0) is 43.7 Å². The monoisotopic (exact) mass is 348 g/mol. The Bertz CT molecular complexity index is 877. The number of hydrogen-bond acceptors (Lipinski definition) is 4. The Hall–Kier alpha value is -3.41. The number of nitrogens with one attached hydrogen (secondary N) is 2. The Morgan fingerprint density at radius 3 is 2.38 bits per heavy atom. The molecular weight excluding hydrogens is 328 g/mol. The molecule has 1 aromatic heterocycles. The van der Waals surface area contributed by atoms with Gasteiger partial charge in [-0.15, -0.1) is 10.2 Å². The molecule has 0 aliphatic heterocycles. The molecule has 6 heteroatoms. The fourth-order valence-corrected chi connectivity index (χ4v) is 2.42. The van der Waals surface area contributed by atoms with Gasteiger partial charge in [0.2, 0.25) is 5.88 Å². The van der Waals surface area contributed by atoms with Crippen molar-refractivity contribution in [2.45, 2.75) is 13.8 Å². The largest absolute Gasteiger partial charge is 0.477 e. The molecule has 0 aliphatic rings. The average Bonchev–Trinajstić information content (AvgIpc) is 2.65. The van der Waals surface area contributed by atoms with Gasteiger partial charge in [-0.1, -0.05) is 30.3 Å². The minimum Gasteiger partial charge on any atom is -0.477 e. The topological polar surface area (TPSA) is 76.1 Å². The molecule has 2 N–H and O–H groups in total. The highest BCUT2D eigenvalue weighted by Gasteiger charge is 2.06. The van der Waals surface area contributed by atoms with E-state index in [4.69, 9.17) is 4.74 Å². The number of amides is 2. The maximum atomic E-state index is 12.1. The fraction of sp³-hybridized carbons (Fsp3) is 0.150. The summed E-state index contributed by atoms with van der Waals surface area (Å²) >= 11 is 0. The normalized spacial score (nSPS) is 10.2. The third-order valence-electron chi connectivity index (χ3n) is 3.76. The number of carbonyl (C=O) groups is 1. The Labute approximate surface area is 152 Å². The molecule has 132 valence electrons. The van der Waals surface area contributed by atoms with Crippen molar-refractivity contribution in [2.24, 2.45) is 0 Å². The zero-order valence-corrected chi connectivity index (χ0v) is 14.7. The Kier molecular flexibility index (Phi) is 5.43. The van der Waals surface area contributed by atoms with Crippen LogP contribution in [0, 0.1) is 6.92 Å². The number of carbonyl (C=O) groups excluding carboxylic acids is 1. The third kappa shape index (κ3) is 4.36. The summed E-state index contributed by atoms with van der Waals surface area (Å²) in [4.78, 5) is 12.1. The van der Waals surface area contributed by atoms with Crippen LogP contribution >= 0.6 is 0 Å². The lowest BCUT2D eigenvalue weighted by molar-refractivity contribution is 0.262. The van der Waals surface area contributed by atoms with Gasteiger partial charge in [-0.2, -0.15) is 0 Å². The van der Waals surface area contributed by atoms with Crippen LogP contribution in [0.1, 0.15) is 12.5 Å². The van der Waals surface area contributed by atoms with Crippen molar-refractivity contribution in [3.63, 3.8) is 0 Å². The maximum absolute atomic E-state index is 12.1. The molecule has 2 amide bonds. The van der Waals surface area contributed by atoms with Crippen LogP contribution in [-0.2, 0) is 0 Å². The van der Waals surface area contributed by atoms with Crippen molar-refractivity contribution in [1.29, 1.82) is 0 Å². The molecule has 6 nitrogen and oxygen atoms in total. The number of nitrogens with zero attached hydrogens (tertiary/aromatic N) is 2. The summed E-state index contributed by atoms with van der Waals surface area (Å²) in [5.41, 5.74) is 4.13. The van der Waals surface area contributed by atoms with Gasteiger partial charge in [0.1, 0.15) is 0 Å². The highest BCUT2D eigenvalue weighted by molar-refractivity contribution is 6.00. The van der Waals surface area contributed by atoms with E-state index in [1.807, 2.05) is 68.4 Å². The quantitative estimate of drug-likeness (QED) is 0.712. The zero-order valence-electron chi connectivity index (χ0n) is 14.7. The Morgan fingerprint density at radius 1 is 0.962 bits per heavy atom. The predicted octanol–water partition coefficient (Wildman–Crippen LogP) is 4.49. The first-order chi connectivity index (χ1) is 12.7. The summed E-state index contributed by atoms with van der Waals surface area (Å²) < 4.78 is 5.29. The molecule has 3 aromatic rings. The molecule has 0 bridgehead atoms. The van der Waals surface area contributed by atoms with Crippen LogP contribution in [-0.4, -0.2) is 22.8 Å². The molecular formula is C20H20N4O2. The van der Waals surface area contributed by atoms with Crippen LogP contribution in [0.2, 0.25) is 0 Å². The van der Waals surface area contributed by atoms with E-state index in [1.165, 1.54) is 0 Å². The molecule has 0 aliphatic carbocycles. The highest BCUT2D eigenvalue weighted by atomic mass is 16.5. The van der Waals surface area contributed by atoms with E-state index < -0.39 is 0 Å². The zero-order chi connectivity index (χ0) is 18.4. The average molecular weight is 348 g/mol. The van der Waals surface area contributed by atoms with Gasteiger partial charge in [-0.25, -0.2) is 4.79 Å². The summed E-state index contributed by atoms with van der Waals surface area (Å²) in [6.07, 6.45) is 0. The second-order valence-corrected chi connectivity index (χ2v) is 5.66. The molecule has 0 spiro atoms. The number of urea groups is 1. The van der Waals surface area contributed by atoms with Crippen molar-refractivity contribution in [2.75, 3.05) is 17.2 Å². The van der Waals surface area contributed by atoms with Crippen LogP contribution in [0.4, 0.5) is 16.2 Å². The predicted molar refractivity (Wildman–Crippen MR) is 102 cm³/mol. The van der Waals surface area contributed by atoms with Crippen LogP contribution in [0.3, 0.4) is 0 Å². The van der Waals surface area contributed by atoms with E-state index in [0.717, 1.165) is 22.5 Å². The molecule has 0 unspecified atom stereocenters. The molecule has 0 fully saturated rings. The third-order valence-corrected chi connectivity index (χ3v) is 3.76. The first kappa shape index (κ1) is 17.4. The summed E-state index contributed by atoms with van der Waals surface area (Å²) in [7, 11) is 0. The van der Waals surface area contributed by atoms with E-state index in [2.05, 4.69) is 20.8 Å². The van der Waals surface area contributed by atoms with Gasteiger partial charge >= 0.3 is 6.03 Å². The number of anilines is 2. The van der Waals surface area contributed by atoms with Crippen LogP contribution in [0.25, 0.3) is 11.3 Å². The van der Waals surface area contributed by atoms with E-state index >= 15 is 0 Å². The van der Waals surface area contributed by atoms with Crippen molar-refractivity contribution in [3.8, 4) is 17.1 Å². The SMILES string of the molecule is CCOc1ccc(-c2ccc(NC(=O)Nc3ccccc3C)cc2)nn1. The first-order valence-corrected chi connectivity index (χ1v) is 8.36. The van der Waals surface area contributed by atoms with Crippen LogP contribution < -0.4 is 15.4 Å². The maximum Gasteiger partial charge on any atom is 0.323 e. The second-order valence-electron chi connectivity index (χ2n) is 5.66. The molecule has 0 saturated carbocycles. The van der Waals surface area contributed by atoms with Crippen molar-refractivity contribution < 1.29 is 9.53 Å². The molecule has 1 heterocycles. The standard InChI is InChI=1S/C20H20N4O2/c1-3-26-19-13-12-18(23-24-19)15-8-10-16(11-9-15)21-20(25)22-17-7-5-4-6-14(17)2/h4-13H,3H2,1-2H3,(H2,21,22,25). The van der Waals surface area contributed by atoms with Gasteiger partial charge in [-0.3, -0.25) is 0 Å². The number of ether oxygens (including phenoxy) is 1. The molecule has 0 saturated heterocycles. The second kappa shape index (κ2) is 8.11. The Balaban J connectivity index is 1.64. The number of para-hydroxylation sites is 1. The van der Waals surface area contributed by atoms with Crippen molar-refractivity contribution in [1.82, 2.24) is 10.2 Å². The smallest absolute Gasteiger partial charge is 0.323 e. The minimum absolute atomic E-state index is 0.284. The first-order valence-electron chi connectivity index (χ1n) is 8.36. The molecule has 3 rings (SSSR count). The summed E-state index contributed by atoms with van der Waals surface area (Å²) in [5, 5.41) is 13.8. The van der Waals surface area contributed by atoms with Crippen molar-refractivity contribution in [3.05, 3.63) is 66.2 Å². The van der Waals surface area contributed by atoms with Crippen molar-refractivity contribution >= 4 is 17.4 Å². The van der Waals surface area contributed by atoms with E-state index in [9.17, 15) is 4.79 Å². The van der Waals surface area contributed by atoms with E-state index in [0.29, 0.717) is 18.2 Å². The number of benzene rings is 2. The fourth-order valence-electron chi connectivity index (χ4n) is 2.42. The lowest BCUT2D eigenvalue weighted by Crippen LogP contribution is -2.19. The van der Waals surface area contributed by atoms with Crippen LogP contribution in [0.5, 0.6) is 5.88 Å². The van der Waals surface area contributed by atoms with Gasteiger partial charge in [0.25, 0.3) is 0 Å². The van der Waals surface area contributed by atoms with Gasteiger partial charge < -0.3 is 15.4 Å². The van der Waals surface area contributed by atoms with E-state index in [-0.39, 0.29) is 6.03 Å².